The lowest BCUT2D eigenvalue weighted by atomic mass is 10.2. The molecule has 0 radical (unpaired) electrons. The third-order valence-electron chi connectivity index (χ3n) is 7.78. The summed E-state index contributed by atoms with van der Waals surface area (Å²) >= 11 is 0. The Morgan fingerprint density at radius 1 is 0.354 bits per heavy atom. The van der Waals surface area contributed by atoms with Gasteiger partial charge in [0, 0.05) is 34.9 Å². The van der Waals surface area contributed by atoms with Gasteiger partial charge in [-0.3, -0.25) is 0 Å². The molecule has 0 saturated heterocycles. The third-order valence-corrected chi connectivity index (χ3v) is 7.78. The fraction of sp³-hybridized carbons (Fsp3) is 0.150. The van der Waals surface area contributed by atoms with Gasteiger partial charge in [0.2, 0.25) is 0 Å². The Hall–Kier alpha value is -6.02. The van der Waals surface area contributed by atoms with Gasteiger partial charge in [-0.15, -0.1) is 0 Å². The summed E-state index contributed by atoms with van der Waals surface area (Å²) in [6.07, 6.45) is 8.54. The van der Waals surface area contributed by atoms with Crippen LogP contribution in [-0.4, -0.2) is 0 Å². The van der Waals surface area contributed by atoms with Crippen LogP contribution in [0.4, 0.5) is 45.8 Å². The van der Waals surface area contributed by atoms with Gasteiger partial charge >= 0.3 is 11.6 Å². The minimum atomic E-state index is 0.815. The maximum absolute atomic E-state index is 4.56. The molecule has 0 fully saturated rings. The van der Waals surface area contributed by atoms with E-state index < -0.39 is 0 Å². The molecule has 6 rings (SSSR count). The highest BCUT2D eigenvalue weighted by Crippen LogP contribution is 2.23. The molecule has 2 heterocycles. The molecule has 0 aliphatic carbocycles. The van der Waals surface area contributed by atoms with Crippen molar-refractivity contribution in [1.82, 2.24) is 0 Å². The minimum Gasteiger partial charge on any atom is -0.356 e. The number of pyridine rings is 2. The van der Waals surface area contributed by atoms with Gasteiger partial charge in [-0.1, -0.05) is 48.5 Å². The van der Waals surface area contributed by atoms with Crippen molar-refractivity contribution in [3.05, 3.63) is 158 Å². The number of azo groups is 2. The number of hydrogen-bond donors (Lipinski definition) is 2. The van der Waals surface area contributed by atoms with E-state index in [1.807, 2.05) is 146 Å². The first-order chi connectivity index (χ1) is 23.8. The lowest BCUT2D eigenvalue weighted by Gasteiger charge is -2.05. The predicted octanol–water partition coefficient (Wildman–Crippen LogP) is 10.8. The first-order valence-corrected chi connectivity index (χ1v) is 16.4. The van der Waals surface area contributed by atoms with E-state index in [1.54, 1.807) is 0 Å². The van der Waals surface area contributed by atoms with E-state index in [4.69, 9.17) is 0 Å². The van der Waals surface area contributed by atoms with Crippen molar-refractivity contribution < 1.29 is 9.13 Å². The molecule has 48 heavy (non-hydrogen) atoms. The molecule has 238 valence electrons. The molecule has 6 aromatic rings. The highest BCUT2D eigenvalue weighted by Gasteiger charge is 2.11. The van der Waals surface area contributed by atoms with Crippen molar-refractivity contribution in [3.8, 4) is 0 Å². The third kappa shape index (κ3) is 9.74. The average Bonchev–Trinajstić information content (AvgIpc) is 3.14. The number of para-hydroxylation sites is 2. The minimum absolute atomic E-state index is 0.815. The Balaban J connectivity index is 0.945. The summed E-state index contributed by atoms with van der Waals surface area (Å²) < 4.78 is 4.34. The first-order valence-electron chi connectivity index (χ1n) is 16.4. The molecule has 0 saturated carbocycles. The van der Waals surface area contributed by atoms with Crippen molar-refractivity contribution in [2.75, 3.05) is 10.6 Å². The number of unbranched alkanes of at least 4 members (excludes halogenated alkanes) is 3. The number of aromatic nitrogens is 2. The molecule has 0 bridgehead atoms. The Bertz CT molecular complexity index is 1760. The van der Waals surface area contributed by atoms with Crippen LogP contribution in [0.5, 0.6) is 0 Å². The SMILES string of the molecule is c1ccc(Nc2ccc(N=Nc3cccc[n+]3CCCCCC[n+]3ccccc3N=Nc3ccc(Nc4ccccc4)cc3)cc2)cc1. The summed E-state index contributed by atoms with van der Waals surface area (Å²) in [5.74, 6) is 1.70. The summed E-state index contributed by atoms with van der Waals surface area (Å²) in [5, 5.41) is 24.9. The monoisotopic (exact) mass is 632 g/mol. The van der Waals surface area contributed by atoms with Gasteiger partial charge in [0.05, 0.1) is 35.7 Å². The normalized spacial score (nSPS) is 11.2. The van der Waals surface area contributed by atoms with Crippen molar-refractivity contribution >= 4 is 45.8 Å². The molecule has 2 aromatic heterocycles. The second kappa shape index (κ2) is 17.1. The molecule has 0 unspecified atom stereocenters. The van der Waals surface area contributed by atoms with E-state index >= 15 is 0 Å². The highest BCUT2D eigenvalue weighted by atomic mass is 15.2. The van der Waals surface area contributed by atoms with Crippen LogP contribution in [0.25, 0.3) is 0 Å². The average molecular weight is 633 g/mol. The zero-order valence-electron chi connectivity index (χ0n) is 26.9. The van der Waals surface area contributed by atoms with Gasteiger partial charge in [-0.2, -0.15) is 0 Å². The highest BCUT2D eigenvalue weighted by molar-refractivity contribution is 5.62. The van der Waals surface area contributed by atoms with E-state index in [9.17, 15) is 0 Å². The van der Waals surface area contributed by atoms with Crippen LogP contribution in [0, 0.1) is 0 Å². The number of nitrogens with zero attached hydrogens (tertiary/aromatic N) is 6. The van der Waals surface area contributed by atoms with E-state index in [1.165, 1.54) is 0 Å². The standard InChI is InChI=1S/C40H38N8/c1(11-29-47-31-13-9-19-39(47)45-43-37-25-21-35(22-26-37)41-33-15-5-3-6-16-33)2-12-30-48-32-14-10-20-40(48)46-44-38-27-23-36(24-28-38)42-34-17-7-4-8-18-34/h3-10,13-28,31-32H,1-2,11-12,29-30H2/p+2. The smallest absolute Gasteiger partial charge is 0.350 e. The van der Waals surface area contributed by atoms with Crippen LogP contribution < -0.4 is 19.8 Å². The van der Waals surface area contributed by atoms with E-state index in [0.717, 1.165) is 84.5 Å². The predicted molar refractivity (Wildman–Crippen MR) is 192 cm³/mol. The second-order valence-electron chi connectivity index (χ2n) is 11.4. The summed E-state index contributed by atoms with van der Waals surface area (Å²) in [6.45, 7) is 1.79. The summed E-state index contributed by atoms with van der Waals surface area (Å²) in [4.78, 5) is 0. The zero-order valence-corrected chi connectivity index (χ0v) is 26.9. The molecule has 4 aromatic carbocycles. The largest absolute Gasteiger partial charge is 0.356 e. The van der Waals surface area contributed by atoms with Gasteiger partial charge in [-0.25, -0.2) is 9.13 Å². The van der Waals surface area contributed by atoms with Crippen LogP contribution >= 0.6 is 0 Å². The molecule has 0 spiro atoms. The molecular weight excluding hydrogens is 592 g/mol. The van der Waals surface area contributed by atoms with Crippen LogP contribution in [0.2, 0.25) is 0 Å². The van der Waals surface area contributed by atoms with E-state index in [0.29, 0.717) is 0 Å². The topological polar surface area (TPSA) is 81.3 Å². The molecule has 8 heteroatoms. The van der Waals surface area contributed by atoms with Crippen molar-refractivity contribution in [1.29, 1.82) is 0 Å². The van der Waals surface area contributed by atoms with Crippen LogP contribution in [0.1, 0.15) is 25.7 Å². The lowest BCUT2D eigenvalue weighted by Crippen LogP contribution is -2.34. The molecule has 2 N–H and O–H groups in total. The molecule has 0 aliphatic heterocycles. The van der Waals surface area contributed by atoms with E-state index in [-0.39, 0.29) is 0 Å². The number of benzene rings is 4. The van der Waals surface area contributed by atoms with Crippen LogP contribution in [0.15, 0.2) is 178 Å². The maximum Gasteiger partial charge on any atom is 0.350 e. The molecule has 0 aliphatic rings. The fourth-order valence-electron chi connectivity index (χ4n) is 5.23. The van der Waals surface area contributed by atoms with Crippen LogP contribution in [0.3, 0.4) is 0 Å². The molecular formula is C40H40N8+2. The van der Waals surface area contributed by atoms with Gasteiger partial charge in [-0.05, 0) is 121 Å². The van der Waals surface area contributed by atoms with Gasteiger partial charge in [0.25, 0.3) is 0 Å². The summed E-state index contributed by atoms with van der Waals surface area (Å²) in [6, 6.07) is 48.3. The molecule has 0 atom stereocenters. The van der Waals surface area contributed by atoms with Gasteiger partial charge in [0.15, 0.2) is 0 Å². The lowest BCUT2D eigenvalue weighted by molar-refractivity contribution is -0.686. The number of anilines is 4. The Morgan fingerprint density at radius 3 is 1.15 bits per heavy atom. The Labute approximate surface area is 282 Å². The summed E-state index contributed by atoms with van der Waals surface area (Å²) in [5.41, 5.74) is 5.76. The first kappa shape index (κ1) is 31.9. The number of aryl methyl sites for hydroxylation is 2. The quantitative estimate of drug-likeness (QED) is 0.0671. The second-order valence-corrected chi connectivity index (χ2v) is 11.4. The Morgan fingerprint density at radius 2 is 0.729 bits per heavy atom. The zero-order chi connectivity index (χ0) is 32.6. The maximum atomic E-state index is 4.56. The van der Waals surface area contributed by atoms with Gasteiger partial charge < -0.3 is 10.6 Å². The number of nitrogens with one attached hydrogen (secondary N) is 2. The molecule has 0 amide bonds. The van der Waals surface area contributed by atoms with Crippen molar-refractivity contribution in [3.63, 3.8) is 0 Å². The van der Waals surface area contributed by atoms with E-state index in [2.05, 4.69) is 52.6 Å². The van der Waals surface area contributed by atoms with Gasteiger partial charge in [0.1, 0.15) is 11.4 Å². The van der Waals surface area contributed by atoms with Crippen molar-refractivity contribution in [2.45, 2.75) is 38.8 Å². The Kier molecular flexibility index (Phi) is 11.3. The summed E-state index contributed by atoms with van der Waals surface area (Å²) in [7, 11) is 0. The number of rotatable bonds is 15. The number of hydrogen-bond acceptors (Lipinski definition) is 6. The van der Waals surface area contributed by atoms with Crippen LogP contribution in [-0.2, 0) is 13.1 Å². The van der Waals surface area contributed by atoms with Crippen molar-refractivity contribution in [2.24, 2.45) is 20.5 Å². The fourth-order valence-corrected chi connectivity index (χ4v) is 5.23. The molecule has 8 nitrogen and oxygen atoms in total.